The molecule has 18 heavy (non-hydrogen) atoms. The third-order valence-electron chi connectivity index (χ3n) is 1.88. The number of hydrazine groups is 1. The highest BCUT2D eigenvalue weighted by Crippen LogP contribution is 2.10. The first-order chi connectivity index (χ1) is 8.52. The van der Waals surface area contributed by atoms with Crippen molar-refractivity contribution in [3.63, 3.8) is 0 Å². The molecule has 5 N–H and O–H groups in total. The van der Waals surface area contributed by atoms with Crippen LogP contribution in [0.15, 0.2) is 24.3 Å². The first-order valence-electron chi connectivity index (χ1n) is 4.83. The fraction of sp³-hybridized carbons (Fsp3) is 0.100. The van der Waals surface area contributed by atoms with E-state index >= 15 is 0 Å². The van der Waals surface area contributed by atoms with Gasteiger partial charge in [0.05, 0.1) is 7.11 Å². The van der Waals surface area contributed by atoms with Crippen molar-refractivity contribution in [2.24, 2.45) is 5.73 Å². The van der Waals surface area contributed by atoms with Gasteiger partial charge in [-0.3, -0.25) is 21.0 Å². The van der Waals surface area contributed by atoms with Gasteiger partial charge in [-0.2, -0.15) is 0 Å². The Morgan fingerprint density at radius 2 is 1.83 bits per heavy atom. The van der Waals surface area contributed by atoms with Gasteiger partial charge in [-0.1, -0.05) is 0 Å². The lowest BCUT2D eigenvalue weighted by atomic mass is 10.2. The molecule has 8 heteroatoms. The second-order valence-corrected chi connectivity index (χ2v) is 3.97. The Morgan fingerprint density at radius 3 is 2.33 bits per heavy atom. The number of methoxy groups -OCH3 is 1. The van der Waals surface area contributed by atoms with Gasteiger partial charge in [-0.25, -0.2) is 0 Å². The lowest BCUT2D eigenvalue weighted by Gasteiger charge is -2.10. The molecule has 96 valence electrons. The second-order valence-electron chi connectivity index (χ2n) is 3.13. The van der Waals surface area contributed by atoms with Gasteiger partial charge < -0.3 is 10.5 Å². The van der Waals surface area contributed by atoms with Crippen LogP contribution in [0.1, 0.15) is 10.4 Å². The zero-order valence-corrected chi connectivity index (χ0v) is 11.2. The molecule has 1 amide bonds. The van der Waals surface area contributed by atoms with Gasteiger partial charge in [0.15, 0.2) is 10.2 Å². The van der Waals surface area contributed by atoms with E-state index in [2.05, 4.69) is 28.4 Å². The van der Waals surface area contributed by atoms with Crippen molar-refractivity contribution in [2.45, 2.75) is 0 Å². The molecule has 0 atom stereocenters. The maximum atomic E-state index is 11.7. The summed E-state index contributed by atoms with van der Waals surface area (Å²) in [6.07, 6.45) is 0. The predicted molar refractivity (Wildman–Crippen MR) is 76.1 cm³/mol. The summed E-state index contributed by atoms with van der Waals surface area (Å²) in [5.74, 6) is 0.322. The number of nitrogens with one attached hydrogen (secondary N) is 3. The van der Waals surface area contributed by atoms with E-state index in [1.807, 2.05) is 0 Å². The third kappa shape index (κ3) is 4.52. The smallest absolute Gasteiger partial charge is 0.257 e. The van der Waals surface area contributed by atoms with Crippen molar-refractivity contribution in [1.82, 2.24) is 16.2 Å². The van der Waals surface area contributed by atoms with Crippen LogP contribution < -0.4 is 26.6 Å². The fourth-order valence-electron chi connectivity index (χ4n) is 1.07. The highest BCUT2D eigenvalue weighted by atomic mass is 32.1. The van der Waals surface area contributed by atoms with E-state index in [9.17, 15) is 4.79 Å². The monoisotopic (exact) mass is 284 g/mol. The van der Waals surface area contributed by atoms with E-state index in [-0.39, 0.29) is 16.1 Å². The quantitative estimate of drug-likeness (QED) is 0.451. The minimum atomic E-state index is -0.347. The largest absolute Gasteiger partial charge is 0.497 e. The number of carbonyl (C=O) groups excluding carboxylic acids is 1. The number of benzene rings is 1. The van der Waals surface area contributed by atoms with Gasteiger partial charge in [0.2, 0.25) is 0 Å². The molecular formula is C10H12N4O2S2. The van der Waals surface area contributed by atoms with E-state index in [1.165, 1.54) is 0 Å². The Hall–Kier alpha value is -1.93. The molecule has 0 unspecified atom stereocenters. The molecule has 0 bridgehead atoms. The molecule has 0 heterocycles. The molecular weight excluding hydrogens is 272 g/mol. The number of rotatable bonds is 2. The van der Waals surface area contributed by atoms with Gasteiger partial charge in [0, 0.05) is 5.56 Å². The minimum absolute atomic E-state index is 0.0241. The van der Waals surface area contributed by atoms with Crippen LogP contribution >= 0.6 is 24.4 Å². The first kappa shape index (κ1) is 14.1. The number of carbonyl (C=O) groups is 1. The zero-order valence-electron chi connectivity index (χ0n) is 9.52. The molecule has 0 saturated heterocycles. The van der Waals surface area contributed by atoms with Gasteiger partial charge >= 0.3 is 0 Å². The van der Waals surface area contributed by atoms with Crippen LogP contribution in [0.5, 0.6) is 5.75 Å². The molecule has 1 aromatic carbocycles. The molecule has 0 fully saturated rings. The summed E-state index contributed by atoms with van der Waals surface area (Å²) in [7, 11) is 1.55. The Balaban J connectivity index is 2.53. The second kappa shape index (κ2) is 6.72. The minimum Gasteiger partial charge on any atom is -0.497 e. The van der Waals surface area contributed by atoms with Gasteiger partial charge in [0.1, 0.15) is 5.75 Å². The van der Waals surface area contributed by atoms with E-state index in [0.29, 0.717) is 11.3 Å². The number of amides is 1. The predicted octanol–water partition coefficient (Wildman–Crippen LogP) is 0.0477. The van der Waals surface area contributed by atoms with Crippen LogP contribution in [0, 0.1) is 0 Å². The van der Waals surface area contributed by atoms with Crippen LogP contribution in [-0.4, -0.2) is 23.2 Å². The van der Waals surface area contributed by atoms with Gasteiger partial charge in [-0.15, -0.1) is 0 Å². The van der Waals surface area contributed by atoms with Crippen molar-refractivity contribution in [3.05, 3.63) is 29.8 Å². The average molecular weight is 284 g/mol. The summed E-state index contributed by atoms with van der Waals surface area (Å²) >= 11 is 9.42. The van der Waals surface area contributed by atoms with Crippen molar-refractivity contribution < 1.29 is 9.53 Å². The van der Waals surface area contributed by atoms with Crippen LogP contribution in [0.2, 0.25) is 0 Å². The molecule has 0 aromatic heterocycles. The topological polar surface area (TPSA) is 88.4 Å². The number of nitrogens with two attached hydrogens (primary N) is 1. The van der Waals surface area contributed by atoms with Gasteiger partial charge in [-0.05, 0) is 48.7 Å². The molecule has 1 aromatic rings. The zero-order chi connectivity index (χ0) is 13.5. The maximum Gasteiger partial charge on any atom is 0.257 e. The Bertz CT molecular complexity index is 461. The number of ether oxygens (including phenoxy) is 1. The molecule has 0 aliphatic heterocycles. The van der Waals surface area contributed by atoms with Crippen molar-refractivity contribution in [3.8, 4) is 5.75 Å². The lowest BCUT2D eigenvalue weighted by molar-refractivity contribution is 0.0976. The van der Waals surface area contributed by atoms with Gasteiger partial charge in [0.25, 0.3) is 5.91 Å². The maximum absolute atomic E-state index is 11.7. The normalized spacial score (nSPS) is 9.17. The summed E-state index contributed by atoms with van der Waals surface area (Å²) in [6.45, 7) is 0. The highest BCUT2D eigenvalue weighted by molar-refractivity contribution is 7.80. The number of hydrogen-bond donors (Lipinski definition) is 4. The Labute approximate surface area is 115 Å². The van der Waals surface area contributed by atoms with Crippen LogP contribution in [-0.2, 0) is 0 Å². The van der Waals surface area contributed by atoms with E-state index < -0.39 is 0 Å². The molecule has 0 spiro atoms. The van der Waals surface area contributed by atoms with E-state index in [0.717, 1.165) is 0 Å². The van der Waals surface area contributed by atoms with Crippen molar-refractivity contribution >= 4 is 40.6 Å². The first-order valence-corrected chi connectivity index (χ1v) is 5.65. The fourth-order valence-corrected chi connectivity index (χ4v) is 1.26. The highest BCUT2D eigenvalue weighted by Gasteiger charge is 2.07. The summed E-state index contributed by atoms with van der Waals surface area (Å²) in [5, 5.41) is 2.55. The number of hydrogen-bond acceptors (Lipinski definition) is 4. The Morgan fingerprint density at radius 1 is 1.22 bits per heavy atom. The molecule has 1 rings (SSSR count). The van der Waals surface area contributed by atoms with Crippen LogP contribution in [0.25, 0.3) is 0 Å². The number of thiocarbonyl (C=S) groups is 2. The Kier molecular flexibility index (Phi) is 5.28. The molecule has 6 nitrogen and oxygen atoms in total. The molecule has 0 radical (unpaired) electrons. The molecule has 0 aliphatic carbocycles. The van der Waals surface area contributed by atoms with E-state index in [1.54, 1.807) is 31.4 Å². The summed E-state index contributed by atoms with van der Waals surface area (Å²) in [6, 6.07) is 6.60. The van der Waals surface area contributed by atoms with E-state index in [4.69, 9.17) is 22.7 Å². The molecule has 0 saturated carbocycles. The SMILES string of the molecule is COc1ccc(C(=O)NC(=S)NNC(N)=S)cc1. The third-order valence-corrected chi connectivity index (χ3v) is 2.18. The van der Waals surface area contributed by atoms with Crippen molar-refractivity contribution in [2.75, 3.05) is 7.11 Å². The van der Waals surface area contributed by atoms with Crippen molar-refractivity contribution in [1.29, 1.82) is 0 Å². The van der Waals surface area contributed by atoms with Crippen LogP contribution in [0.4, 0.5) is 0 Å². The standard InChI is InChI=1S/C10H12N4O2S2/c1-16-7-4-2-6(3-5-7)8(15)12-10(18)14-13-9(11)17/h2-5H,1H3,(H3,11,13,17)(H2,12,14,15,18). The van der Waals surface area contributed by atoms with Crippen LogP contribution in [0.3, 0.4) is 0 Å². The molecule has 0 aliphatic rings. The summed E-state index contributed by atoms with van der Waals surface area (Å²) in [5.41, 5.74) is 10.5. The summed E-state index contributed by atoms with van der Waals surface area (Å²) < 4.78 is 4.99. The lowest BCUT2D eigenvalue weighted by Crippen LogP contribution is -2.50. The summed E-state index contributed by atoms with van der Waals surface area (Å²) in [4.78, 5) is 11.7. The average Bonchev–Trinajstić information content (AvgIpc) is 2.36.